The number of aryl methyl sites for hydroxylation is 4. The number of para-hydroxylation sites is 3. The minimum absolute atomic E-state index is 0.0200. The van der Waals surface area contributed by atoms with Crippen molar-refractivity contribution in [2.45, 2.75) is 46.5 Å². The highest BCUT2D eigenvalue weighted by Gasteiger charge is 2.36. The molecule has 5 aromatic carbocycles. The molecule has 9 rings (SSSR count). The summed E-state index contributed by atoms with van der Waals surface area (Å²) in [6, 6.07) is 23.9. The number of hydrogen-bond acceptors (Lipinski definition) is 4. The minimum atomic E-state index is -3.30. The van der Waals surface area contributed by atoms with E-state index in [1.807, 2.05) is 0 Å². The van der Waals surface area contributed by atoms with Gasteiger partial charge in [-0.1, -0.05) is 80.4 Å². The third-order valence-corrected chi connectivity index (χ3v) is 8.88. The van der Waals surface area contributed by atoms with Gasteiger partial charge >= 0.3 is 5.84 Å². The van der Waals surface area contributed by atoms with Gasteiger partial charge in [0.15, 0.2) is 5.58 Å². The van der Waals surface area contributed by atoms with Gasteiger partial charge in [-0.25, -0.2) is 4.98 Å². The summed E-state index contributed by atoms with van der Waals surface area (Å²) >= 11 is 0. The van der Waals surface area contributed by atoms with Crippen LogP contribution in [0.1, 0.15) is 71.8 Å². The predicted molar refractivity (Wildman–Crippen MR) is 194 cm³/mol. The van der Waals surface area contributed by atoms with Gasteiger partial charge in [-0.15, -0.1) is 0 Å². The van der Waals surface area contributed by atoms with Crippen molar-refractivity contribution in [1.82, 2.24) is 14.4 Å². The number of ether oxygens (including phenoxy) is 1. The van der Waals surface area contributed by atoms with Crippen LogP contribution in [0.25, 0.3) is 61.6 Å². The number of oxazole rings is 1. The fourth-order valence-corrected chi connectivity index (χ4v) is 6.59. The molecule has 234 valence electrons. The van der Waals surface area contributed by atoms with Gasteiger partial charge < -0.3 is 9.15 Å². The van der Waals surface area contributed by atoms with Gasteiger partial charge in [0.2, 0.25) is 0 Å². The molecule has 5 heteroatoms. The van der Waals surface area contributed by atoms with Gasteiger partial charge in [-0.3, -0.25) is 4.40 Å². The monoisotopic (exact) mass is 643 g/mol. The van der Waals surface area contributed by atoms with Gasteiger partial charge in [0.1, 0.15) is 11.5 Å². The summed E-state index contributed by atoms with van der Waals surface area (Å²) in [6.45, 7) is -18.3. The summed E-state index contributed by atoms with van der Waals surface area (Å²) in [5, 5.41) is 0. The Morgan fingerprint density at radius 1 is 0.667 bits per heavy atom. The van der Waals surface area contributed by atoms with E-state index in [0.29, 0.717) is 16.6 Å². The van der Waals surface area contributed by atoms with Gasteiger partial charge in [-0.05, 0) is 91.6 Å². The molecule has 0 amide bonds. The second-order valence-corrected chi connectivity index (χ2v) is 11.7. The molecule has 3 aromatic heterocycles. The first-order valence-corrected chi connectivity index (χ1v) is 15.0. The minimum Gasteiger partial charge on any atom is -0.456 e. The third-order valence-electron chi connectivity index (χ3n) is 8.88. The van der Waals surface area contributed by atoms with Crippen LogP contribution in [-0.4, -0.2) is 14.4 Å². The number of rotatable bonds is 3. The molecule has 0 spiro atoms. The van der Waals surface area contributed by atoms with Crippen LogP contribution in [-0.2, 0) is 5.41 Å². The van der Waals surface area contributed by atoms with Crippen LogP contribution in [0.4, 0.5) is 0 Å². The molecule has 0 fully saturated rings. The summed E-state index contributed by atoms with van der Waals surface area (Å²) in [5.74, 6) is -0.546. The van der Waals surface area contributed by atoms with E-state index in [1.54, 1.807) is 34.7 Å². The molecule has 5 nitrogen and oxygen atoms in total. The first kappa shape index (κ1) is 15.5. The highest BCUT2D eigenvalue weighted by molar-refractivity contribution is 5.98. The van der Waals surface area contributed by atoms with Crippen molar-refractivity contribution in [2.75, 3.05) is 0 Å². The van der Waals surface area contributed by atoms with Crippen molar-refractivity contribution < 1.29 is 33.8 Å². The number of benzene rings is 5. The SMILES string of the molecule is [2H]C([2H])([2H])c1ccc(-c2c(C([2H])([2H])[2H])ccc3c2oc2nc4ccccc4n23)cc1-c1nc(-c2c(C([2H])([2H])[2H])ccc3c2Oc2ccccc2C3(C([2H])([2H])[2H])C([2H])([2H])[2H])ccc1C([2H])([2H])[2H]. The van der Waals surface area contributed by atoms with E-state index in [-0.39, 0.29) is 50.7 Å². The number of pyridine rings is 1. The average molecular weight is 644 g/mol. The van der Waals surface area contributed by atoms with Crippen LogP contribution < -0.4 is 4.74 Å². The average Bonchev–Trinajstić information content (AvgIpc) is 3.75. The maximum absolute atomic E-state index is 8.75. The lowest BCUT2D eigenvalue weighted by Crippen LogP contribution is -2.24. The molecule has 0 atom stereocenters. The first-order valence-electron chi connectivity index (χ1n) is 24.0. The predicted octanol–water partition coefficient (Wildman–Crippen LogP) is 11.3. The molecular weight excluding hydrogens is 590 g/mol. The molecular formula is C43H35N3O2. The Morgan fingerprint density at radius 2 is 1.44 bits per heavy atom. The molecule has 1 aliphatic heterocycles. The highest BCUT2D eigenvalue weighted by Crippen LogP contribution is 2.52. The van der Waals surface area contributed by atoms with Crippen molar-refractivity contribution in [3.8, 4) is 45.1 Å². The molecule has 8 aromatic rings. The molecule has 0 N–H and O–H groups in total. The molecule has 0 radical (unpaired) electrons. The summed E-state index contributed by atoms with van der Waals surface area (Å²) in [7, 11) is 0. The van der Waals surface area contributed by atoms with Crippen molar-refractivity contribution in [1.29, 1.82) is 0 Å². The Kier molecular flexibility index (Phi) is 3.28. The van der Waals surface area contributed by atoms with E-state index < -0.39 is 85.8 Å². The Labute approximate surface area is 304 Å². The van der Waals surface area contributed by atoms with E-state index in [9.17, 15) is 0 Å². The summed E-state index contributed by atoms with van der Waals surface area (Å²) in [6.07, 6.45) is 0. The third kappa shape index (κ3) is 4.03. The van der Waals surface area contributed by atoms with E-state index in [2.05, 4.69) is 4.98 Å². The maximum Gasteiger partial charge on any atom is 0.307 e. The molecule has 0 unspecified atom stereocenters. The number of fused-ring (bicyclic) bond motifs is 7. The summed E-state index contributed by atoms with van der Waals surface area (Å²) in [5.41, 5.74) is -4.63. The first-order chi connectivity index (χ1) is 30.5. The maximum atomic E-state index is 8.75. The molecule has 0 saturated heterocycles. The molecule has 1 aliphatic rings. The summed E-state index contributed by atoms with van der Waals surface area (Å²) in [4.78, 5) is 9.29. The van der Waals surface area contributed by atoms with Crippen molar-refractivity contribution >= 4 is 28.0 Å². The van der Waals surface area contributed by atoms with E-state index >= 15 is 0 Å². The molecule has 48 heavy (non-hydrogen) atoms. The lowest BCUT2D eigenvalue weighted by atomic mass is 9.74. The molecule has 0 aliphatic carbocycles. The van der Waals surface area contributed by atoms with Crippen LogP contribution in [0.2, 0.25) is 0 Å². The number of aromatic nitrogens is 3. The van der Waals surface area contributed by atoms with E-state index in [4.69, 9.17) is 38.8 Å². The van der Waals surface area contributed by atoms with Crippen LogP contribution >= 0.6 is 0 Å². The Hall–Kier alpha value is -5.68. The van der Waals surface area contributed by atoms with Crippen molar-refractivity contribution in [2.24, 2.45) is 0 Å². The van der Waals surface area contributed by atoms with Crippen LogP contribution in [0.15, 0.2) is 108 Å². The smallest absolute Gasteiger partial charge is 0.307 e. The lowest BCUT2D eigenvalue weighted by Gasteiger charge is -2.35. The second-order valence-electron chi connectivity index (χ2n) is 11.7. The Balaban J connectivity index is 1.38. The standard InChI is InChI=1S/C43H35N3O2/c1-24-15-19-28(37-25(2)18-22-35-41(37)48-42-45-32-12-8-9-13-34(32)46(35)42)23-29(24)39-27(4)17-21-33(44-39)38-26(3)16-20-31-40(38)47-36-14-10-7-11-30(36)43(31,5)6/h7-23H,1-6H3/i1D3,2D3,3D3,4D3,5D3,6D3. The fraction of sp³-hybridized carbons (Fsp3) is 0.163. The van der Waals surface area contributed by atoms with Gasteiger partial charge in [0.05, 0.1) is 27.9 Å². The van der Waals surface area contributed by atoms with Crippen LogP contribution in [0, 0.1) is 27.4 Å². The number of imidazole rings is 1. The normalized spacial score (nSPS) is 20.7. The van der Waals surface area contributed by atoms with Crippen LogP contribution in [0.3, 0.4) is 0 Å². The molecule has 4 heterocycles. The lowest BCUT2D eigenvalue weighted by molar-refractivity contribution is 0.419. The van der Waals surface area contributed by atoms with E-state index in [0.717, 1.165) is 24.3 Å². The zero-order chi connectivity index (χ0) is 47.9. The second kappa shape index (κ2) is 10.2. The Bertz CT molecular complexity index is 3260. The number of nitrogens with zero attached hydrogens (tertiary/aromatic N) is 3. The van der Waals surface area contributed by atoms with Crippen molar-refractivity contribution in [3.05, 3.63) is 137 Å². The summed E-state index contributed by atoms with van der Waals surface area (Å²) < 4.78 is 170. The Morgan fingerprint density at radius 3 is 2.31 bits per heavy atom. The zero-order valence-corrected chi connectivity index (χ0v) is 25.0. The van der Waals surface area contributed by atoms with E-state index in [1.165, 1.54) is 48.5 Å². The highest BCUT2D eigenvalue weighted by atomic mass is 16.5. The molecule has 0 saturated carbocycles. The zero-order valence-electron chi connectivity index (χ0n) is 43.0. The largest absolute Gasteiger partial charge is 0.456 e. The molecule has 0 bridgehead atoms. The topological polar surface area (TPSA) is 52.6 Å². The quantitative estimate of drug-likeness (QED) is 0.192. The van der Waals surface area contributed by atoms with Gasteiger partial charge in [-0.2, -0.15) is 4.98 Å². The van der Waals surface area contributed by atoms with Gasteiger partial charge in [0.25, 0.3) is 0 Å². The number of hydrogen-bond donors (Lipinski definition) is 0. The fourth-order valence-electron chi connectivity index (χ4n) is 6.59. The van der Waals surface area contributed by atoms with Crippen LogP contribution in [0.5, 0.6) is 11.5 Å². The van der Waals surface area contributed by atoms with Crippen molar-refractivity contribution in [3.63, 3.8) is 0 Å². The van der Waals surface area contributed by atoms with Gasteiger partial charge in [0, 0.05) is 57.9 Å².